The van der Waals surface area contributed by atoms with Crippen molar-refractivity contribution in [3.05, 3.63) is 23.8 Å². The summed E-state index contributed by atoms with van der Waals surface area (Å²) in [4.78, 5) is 23.0. The maximum Gasteiger partial charge on any atom is 0.310 e. The number of hydrogen-bond acceptors (Lipinski definition) is 5. The van der Waals surface area contributed by atoms with Crippen LogP contribution >= 0.6 is 0 Å². The summed E-state index contributed by atoms with van der Waals surface area (Å²) in [6.45, 7) is 3.32. The van der Waals surface area contributed by atoms with Crippen molar-refractivity contribution in [3.63, 3.8) is 0 Å². The van der Waals surface area contributed by atoms with Gasteiger partial charge in [0.1, 0.15) is 13.2 Å². The zero-order valence-electron chi connectivity index (χ0n) is 12.0. The molecule has 2 rings (SSSR count). The van der Waals surface area contributed by atoms with E-state index in [0.29, 0.717) is 31.3 Å². The van der Waals surface area contributed by atoms with Gasteiger partial charge in [0.05, 0.1) is 6.42 Å². The molecule has 1 aliphatic heterocycles. The highest BCUT2D eigenvalue weighted by atomic mass is 16.6. The van der Waals surface area contributed by atoms with Crippen LogP contribution < -0.4 is 14.8 Å². The molecule has 0 saturated heterocycles. The lowest BCUT2D eigenvalue weighted by Gasteiger charge is -2.18. The number of benzene rings is 1. The first-order chi connectivity index (χ1) is 10.2. The Bertz CT molecular complexity index is 515. The van der Waals surface area contributed by atoms with Crippen LogP contribution in [0.2, 0.25) is 0 Å². The molecule has 1 aromatic rings. The molecule has 0 aromatic heterocycles. The second-order valence-corrected chi connectivity index (χ2v) is 4.67. The normalized spacial score (nSPS) is 12.6. The molecule has 1 aliphatic rings. The van der Waals surface area contributed by atoms with Gasteiger partial charge in [0.2, 0.25) is 0 Å². The first kappa shape index (κ1) is 15.2. The third-order valence-corrected chi connectivity index (χ3v) is 2.89. The van der Waals surface area contributed by atoms with E-state index in [4.69, 9.17) is 14.2 Å². The van der Waals surface area contributed by atoms with Crippen LogP contribution in [-0.4, -0.2) is 38.2 Å². The quantitative estimate of drug-likeness (QED) is 0.794. The Hall–Kier alpha value is -2.24. The van der Waals surface area contributed by atoms with Crippen LogP contribution in [0.1, 0.15) is 18.9 Å². The number of nitrogens with one attached hydrogen (secondary N) is 1. The van der Waals surface area contributed by atoms with Gasteiger partial charge in [-0.05, 0) is 24.1 Å². The van der Waals surface area contributed by atoms with Crippen LogP contribution in [-0.2, 0) is 20.7 Å². The molecule has 0 saturated carbocycles. The summed E-state index contributed by atoms with van der Waals surface area (Å²) in [5.74, 6) is 0.579. The van der Waals surface area contributed by atoms with Crippen molar-refractivity contribution in [2.24, 2.45) is 0 Å². The van der Waals surface area contributed by atoms with E-state index in [9.17, 15) is 9.59 Å². The Morgan fingerprint density at radius 1 is 1.24 bits per heavy atom. The lowest BCUT2D eigenvalue weighted by Crippen LogP contribution is -2.29. The summed E-state index contributed by atoms with van der Waals surface area (Å²) in [5, 5.41) is 2.64. The Labute approximate surface area is 123 Å². The minimum atomic E-state index is -0.446. The molecular formula is C15H19NO5. The molecule has 6 nitrogen and oxygen atoms in total. The van der Waals surface area contributed by atoms with Crippen molar-refractivity contribution in [1.29, 1.82) is 0 Å². The molecule has 0 atom stereocenters. The van der Waals surface area contributed by atoms with E-state index in [1.807, 2.05) is 6.92 Å². The Morgan fingerprint density at radius 3 is 2.76 bits per heavy atom. The van der Waals surface area contributed by atoms with Crippen molar-refractivity contribution in [3.8, 4) is 11.5 Å². The molecule has 0 spiro atoms. The number of esters is 1. The van der Waals surface area contributed by atoms with E-state index in [0.717, 1.165) is 12.0 Å². The van der Waals surface area contributed by atoms with Gasteiger partial charge < -0.3 is 19.5 Å². The van der Waals surface area contributed by atoms with E-state index < -0.39 is 5.97 Å². The highest BCUT2D eigenvalue weighted by molar-refractivity contribution is 5.81. The fourth-order valence-electron chi connectivity index (χ4n) is 1.88. The van der Waals surface area contributed by atoms with Gasteiger partial charge in [-0.25, -0.2) is 0 Å². The van der Waals surface area contributed by atoms with E-state index in [1.165, 1.54) is 0 Å². The fraction of sp³-hybridized carbons (Fsp3) is 0.467. The van der Waals surface area contributed by atoms with E-state index in [2.05, 4.69) is 5.32 Å². The third kappa shape index (κ3) is 4.66. The summed E-state index contributed by atoms with van der Waals surface area (Å²) in [5.41, 5.74) is 0.762. The highest BCUT2D eigenvalue weighted by Crippen LogP contribution is 2.30. The van der Waals surface area contributed by atoms with E-state index in [1.54, 1.807) is 18.2 Å². The van der Waals surface area contributed by atoms with Crippen molar-refractivity contribution < 1.29 is 23.8 Å². The number of fused-ring (bicyclic) bond motifs is 1. The van der Waals surface area contributed by atoms with E-state index in [-0.39, 0.29) is 18.9 Å². The zero-order valence-corrected chi connectivity index (χ0v) is 12.0. The van der Waals surface area contributed by atoms with Gasteiger partial charge >= 0.3 is 5.97 Å². The van der Waals surface area contributed by atoms with Crippen molar-refractivity contribution in [1.82, 2.24) is 5.32 Å². The van der Waals surface area contributed by atoms with Crippen molar-refractivity contribution in [2.75, 3.05) is 26.4 Å². The standard InChI is InChI=1S/C15H19NO5/c1-2-5-16-14(17)10-21-15(18)9-11-3-4-12-13(8-11)20-7-6-19-12/h3-4,8H,2,5-7,9-10H2,1H3,(H,16,17). The summed E-state index contributed by atoms with van der Waals surface area (Å²) >= 11 is 0. The topological polar surface area (TPSA) is 73.9 Å². The van der Waals surface area contributed by atoms with Crippen LogP contribution in [0.3, 0.4) is 0 Å². The number of ether oxygens (including phenoxy) is 3. The molecule has 0 fully saturated rings. The summed E-state index contributed by atoms with van der Waals surface area (Å²) in [6, 6.07) is 5.31. The van der Waals surface area contributed by atoms with Crippen LogP contribution in [0, 0.1) is 0 Å². The second kappa shape index (κ2) is 7.52. The number of rotatable bonds is 6. The average Bonchev–Trinajstić information content (AvgIpc) is 2.50. The minimum absolute atomic E-state index is 0.0949. The van der Waals surface area contributed by atoms with Gasteiger partial charge in [-0.3, -0.25) is 9.59 Å². The predicted molar refractivity (Wildman–Crippen MR) is 75.4 cm³/mol. The molecule has 114 valence electrons. The lowest BCUT2D eigenvalue weighted by atomic mass is 10.1. The van der Waals surface area contributed by atoms with Gasteiger partial charge in [0.25, 0.3) is 5.91 Å². The number of hydrogen-bond donors (Lipinski definition) is 1. The monoisotopic (exact) mass is 293 g/mol. The zero-order chi connectivity index (χ0) is 15.1. The molecule has 6 heteroatoms. The van der Waals surface area contributed by atoms with Crippen LogP contribution in [0.15, 0.2) is 18.2 Å². The number of amides is 1. The van der Waals surface area contributed by atoms with Gasteiger partial charge in [0.15, 0.2) is 18.1 Å². The molecule has 1 amide bonds. The van der Waals surface area contributed by atoms with Gasteiger partial charge in [-0.15, -0.1) is 0 Å². The number of carbonyl (C=O) groups is 2. The second-order valence-electron chi connectivity index (χ2n) is 4.67. The Kier molecular flexibility index (Phi) is 5.43. The predicted octanol–water partition coefficient (Wildman–Crippen LogP) is 1.07. The molecule has 21 heavy (non-hydrogen) atoms. The molecule has 1 aromatic carbocycles. The van der Waals surface area contributed by atoms with Crippen LogP contribution in [0.5, 0.6) is 11.5 Å². The molecule has 0 radical (unpaired) electrons. The van der Waals surface area contributed by atoms with Crippen LogP contribution in [0.25, 0.3) is 0 Å². The van der Waals surface area contributed by atoms with E-state index >= 15 is 0 Å². The van der Waals surface area contributed by atoms with Gasteiger partial charge in [-0.2, -0.15) is 0 Å². The SMILES string of the molecule is CCCNC(=O)COC(=O)Cc1ccc2c(c1)OCCO2. The Balaban J connectivity index is 1.81. The first-order valence-corrected chi connectivity index (χ1v) is 7.00. The summed E-state index contributed by atoms with van der Waals surface area (Å²) < 4.78 is 15.8. The lowest BCUT2D eigenvalue weighted by molar-refractivity contribution is -0.147. The van der Waals surface area contributed by atoms with Gasteiger partial charge in [0, 0.05) is 6.54 Å². The van der Waals surface area contributed by atoms with Crippen molar-refractivity contribution in [2.45, 2.75) is 19.8 Å². The van der Waals surface area contributed by atoms with Crippen molar-refractivity contribution >= 4 is 11.9 Å². The average molecular weight is 293 g/mol. The smallest absolute Gasteiger partial charge is 0.310 e. The van der Waals surface area contributed by atoms with Crippen LogP contribution in [0.4, 0.5) is 0 Å². The molecule has 0 aliphatic carbocycles. The maximum atomic E-state index is 11.7. The summed E-state index contributed by atoms with van der Waals surface area (Å²) in [7, 11) is 0. The molecular weight excluding hydrogens is 274 g/mol. The molecule has 0 unspecified atom stereocenters. The molecule has 1 heterocycles. The minimum Gasteiger partial charge on any atom is -0.486 e. The highest BCUT2D eigenvalue weighted by Gasteiger charge is 2.14. The largest absolute Gasteiger partial charge is 0.486 e. The first-order valence-electron chi connectivity index (χ1n) is 7.00. The number of carbonyl (C=O) groups excluding carboxylic acids is 2. The Morgan fingerprint density at radius 2 is 2.00 bits per heavy atom. The summed E-state index contributed by atoms with van der Waals surface area (Å²) in [6.07, 6.45) is 0.939. The maximum absolute atomic E-state index is 11.7. The molecule has 0 bridgehead atoms. The fourth-order valence-corrected chi connectivity index (χ4v) is 1.88. The van der Waals surface area contributed by atoms with Gasteiger partial charge in [-0.1, -0.05) is 13.0 Å². The molecule has 1 N–H and O–H groups in total. The third-order valence-electron chi connectivity index (χ3n) is 2.89.